The van der Waals surface area contributed by atoms with E-state index in [0.717, 1.165) is 29.1 Å². The van der Waals surface area contributed by atoms with E-state index < -0.39 is 29.5 Å². The Labute approximate surface area is 215 Å². The van der Waals surface area contributed by atoms with E-state index in [-0.39, 0.29) is 12.3 Å². The molecule has 196 valence electrons. The molecule has 2 aromatic heterocycles. The summed E-state index contributed by atoms with van der Waals surface area (Å²) in [4.78, 5) is 28.7. The van der Waals surface area contributed by atoms with Gasteiger partial charge in [0.1, 0.15) is 15.7 Å². The van der Waals surface area contributed by atoms with Gasteiger partial charge in [-0.1, -0.05) is 17.4 Å². The number of hydrogen-bond acceptors (Lipinski definition) is 6. The molecule has 3 heterocycles. The van der Waals surface area contributed by atoms with E-state index in [9.17, 15) is 27.9 Å². The largest absolute Gasteiger partial charge is 0.465 e. The smallest absolute Gasteiger partial charge is 0.433 e. The van der Waals surface area contributed by atoms with Crippen molar-refractivity contribution < 1.29 is 27.9 Å². The number of hydrogen-bond donors (Lipinski definition) is 2. The number of alkyl halides is 3. The van der Waals surface area contributed by atoms with Gasteiger partial charge in [0.25, 0.3) is 0 Å². The maximum absolute atomic E-state index is 12.9. The van der Waals surface area contributed by atoms with E-state index in [1.54, 1.807) is 20.8 Å². The number of pyridine rings is 1. The van der Waals surface area contributed by atoms with Crippen molar-refractivity contribution in [1.29, 1.82) is 0 Å². The first-order chi connectivity index (χ1) is 17.3. The summed E-state index contributed by atoms with van der Waals surface area (Å²) in [7, 11) is 0. The lowest BCUT2D eigenvalue weighted by Gasteiger charge is -2.40. The molecule has 1 atom stereocenters. The molecule has 0 saturated heterocycles. The van der Waals surface area contributed by atoms with Crippen LogP contribution in [0.25, 0.3) is 10.6 Å². The lowest BCUT2D eigenvalue weighted by atomic mass is 9.96. The first-order valence-electron chi connectivity index (χ1n) is 11.6. The van der Waals surface area contributed by atoms with Crippen molar-refractivity contribution in [3.8, 4) is 10.6 Å². The molecule has 12 heteroatoms. The van der Waals surface area contributed by atoms with Crippen molar-refractivity contribution in [2.75, 3.05) is 5.32 Å². The molecule has 4 rings (SSSR count). The summed E-state index contributed by atoms with van der Waals surface area (Å²) in [6, 6.07) is 7.32. The van der Waals surface area contributed by atoms with Gasteiger partial charge < -0.3 is 15.3 Å². The second-order valence-corrected chi connectivity index (χ2v) is 10.9. The Morgan fingerprint density at radius 1 is 1.19 bits per heavy atom. The number of aromatic nitrogens is 3. The molecule has 2 N–H and O–H groups in total. The zero-order valence-electron chi connectivity index (χ0n) is 20.5. The number of aryl methyl sites for hydroxylation is 1. The summed E-state index contributed by atoms with van der Waals surface area (Å²) < 4.78 is 38.7. The number of halogens is 3. The Hall–Kier alpha value is -3.54. The molecule has 37 heavy (non-hydrogen) atoms. The maximum Gasteiger partial charge on any atom is 0.433 e. The SMILES string of the molecule is CC(C)(C)N(C(=O)O)[C@H](CCc1nnc(-c2ccc3c(c2)CC(=O)N3)s1)Cc1ccc(C(F)(F)F)nc1. The van der Waals surface area contributed by atoms with Crippen LogP contribution >= 0.6 is 11.3 Å². The van der Waals surface area contributed by atoms with Crippen LogP contribution in [0.4, 0.5) is 23.7 Å². The van der Waals surface area contributed by atoms with Crippen molar-refractivity contribution in [2.45, 2.75) is 64.2 Å². The number of rotatable bonds is 7. The fraction of sp³-hybridized carbons (Fsp3) is 0.400. The average molecular weight is 534 g/mol. The van der Waals surface area contributed by atoms with Gasteiger partial charge in [-0.2, -0.15) is 13.2 Å². The first-order valence-corrected chi connectivity index (χ1v) is 12.4. The van der Waals surface area contributed by atoms with Gasteiger partial charge in [0.2, 0.25) is 5.91 Å². The normalized spacial score (nSPS) is 14.3. The average Bonchev–Trinajstić information content (AvgIpc) is 3.41. The number of fused-ring (bicyclic) bond motifs is 1. The number of nitrogens with one attached hydrogen (secondary N) is 1. The molecule has 0 aliphatic carbocycles. The summed E-state index contributed by atoms with van der Waals surface area (Å²) in [6.07, 6.45) is -3.18. The van der Waals surface area contributed by atoms with E-state index in [2.05, 4.69) is 20.5 Å². The zero-order valence-corrected chi connectivity index (χ0v) is 21.3. The van der Waals surface area contributed by atoms with E-state index in [1.165, 1.54) is 22.3 Å². The fourth-order valence-corrected chi connectivity index (χ4v) is 5.27. The van der Waals surface area contributed by atoms with Crippen LogP contribution in [-0.4, -0.2) is 48.8 Å². The number of carbonyl (C=O) groups is 2. The van der Waals surface area contributed by atoms with Crippen molar-refractivity contribution in [2.24, 2.45) is 0 Å². The first kappa shape index (κ1) is 26.5. The zero-order chi connectivity index (χ0) is 27.0. The summed E-state index contributed by atoms with van der Waals surface area (Å²) in [5.41, 5.74) is 1.30. The molecular weight excluding hydrogens is 507 g/mol. The topological polar surface area (TPSA) is 108 Å². The minimum atomic E-state index is -4.54. The number of nitrogens with zero attached hydrogens (tertiary/aromatic N) is 4. The van der Waals surface area contributed by atoms with Gasteiger partial charge in [0.05, 0.1) is 6.42 Å². The molecule has 1 aliphatic rings. The summed E-state index contributed by atoms with van der Waals surface area (Å²) in [5, 5.41) is 22.7. The number of carbonyl (C=O) groups excluding carboxylic acids is 1. The van der Waals surface area contributed by atoms with Crippen molar-refractivity contribution >= 4 is 29.0 Å². The second kappa shape index (κ2) is 10.1. The monoisotopic (exact) mass is 533 g/mol. The third-order valence-electron chi connectivity index (χ3n) is 6.02. The van der Waals surface area contributed by atoms with E-state index >= 15 is 0 Å². The van der Waals surface area contributed by atoms with E-state index in [0.29, 0.717) is 34.8 Å². The van der Waals surface area contributed by atoms with Crippen LogP contribution in [-0.2, 0) is 30.2 Å². The van der Waals surface area contributed by atoms with Gasteiger partial charge in [0, 0.05) is 35.4 Å². The van der Waals surface area contributed by atoms with Gasteiger partial charge in [-0.3, -0.25) is 9.78 Å². The number of anilines is 1. The molecule has 3 aromatic rings. The predicted octanol–water partition coefficient (Wildman–Crippen LogP) is 5.44. The molecule has 1 aliphatic heterocycles. The third kappa shape index (κ3) is 6.24. The lowest BCUT2D eigenvalue weighted by Crippen LogP contribution is -2.52. The Morgan fingerprint density at radius 2 is 1.95 bits per heavy atom. The Balaban J connectivity index is 1.52. The molecule has 2 amide bonds. The standard InChI is InChI=1S/C25H26F3N5O3S/c1-24(2,3)33(23(35)36)17(10-14-4-8-19(29-13-14)25(26,27)28)6-9-21-31-32-22(37-21)15-5-7-18-16(11-15)12-20(34)30-18/h4-5,7-8,11,13,17H,6,9-10,12H2,1-3H3,(H,30,34)(H,35,36)/t17-/m1/s1. The van der Waals surface area contributed by atoms with Gasteiger partial charge in [-0.05, 0) is 69.0 Å². The Kier molecular flexibility index (Phi) is 7.22. The number of carboxylic acid groups (broad SMARTS) is 1. The molecule has 0 spiro atoms. The van der Waals surface area contributed by atoms with Crippen LogP contribution in [0, 0.1) is 0 Å². The highest BCUT2D eigenvalue weighted by Crippen LogP contribution is 2.32. The second-order valence-electron chi connectivity index (χ2n) is 9.87. The molecule has 1 aromatic carbocycles. The van der Waals surface area contributed by atoms with E-state index in [4.69, 9.17) is 0 Å². The van der Waals surface area contributed by atoms with Crippen LogP contribution < -0.4 is 5.32 Å². The molecule has 0 unspecified atom stereocenters. The van der Waals surface area contributed by atoms with Gasteiger partial charge in [-0.25, -0.2) is 4.79 Å². The Bertz CT molecular complexity index is 1300. The molecule has 0 bridgehead atoms. The highest BCUT2D eigenvalue weighted by Gasteiger charge is 2.35. The third-order valence-corrected chi connectivity index (χ3v) is 7.05. The minimum absolute atomic E-state index is 0.0544. The molecule has 0 saturated carbocycles. The van der Waals surface area contributed by atoms with Gasteiger partial charge in [0.15, 0.2) is 0 Å². The predicted molar refractivity (Wildman–Crippen MR) is 132 cm³/mol. The van der Waals surface area contributed by atoms with Crippen LogP contribution in [0.15, 0.2) is 36.5 Å². The lowest BCUT2D eigenvalue weighted by molar-refractivity contribution is -0.141. The minimum Gasteiger partial charge on any atom is -0.465 e. The van der Waals surface area contributed by atoms with Crippen LogP contribution in [0.3, 0.4) is 0 Å². The highest BCUT2D eigenvalue weighted by atomic mass is 32.1. The van der Waals surface area contributed by atoms with E-state index in [1.807, 2.05) is 18.2 Å². The molecule has 0 radical (unpaired) electrons. The molecule has 0 fully saturated rings. The van der Waals surface area contributed by atoms with Crippen molar-refractivity contribution in [3.63, 3.8) is 0 Å². The maximum atomic E-state index is 12.9. The summed E-state index contributed by atoms with van der Waals surface area (Å²) in [6.45, 7) is 5.32. The highest BCUT2D eigenvalue weighted by molar-refractivity contribution is 7.14. The van der Waals surface area contributed by atoms with Crippen LogP contribution in [0.1, 0.15) is 49.0 Å². The van der Waals surface area contributed by atoms with Gasteiger partial charge >= 0.3 is 12.3 Å². The van der Waals surface area contributed by atoms with Crippen LogP contribution in [0.2, 0.25) is 0 Å². The molecule has 8 nitrogen and oxygen atoms in total. The van der Waals surface area contributed by atoms with Crippen molar-refractivity contribution in [3.05, 3.63) is 58.4 Å². The number of amides is 2. The van der Waals surface area contributed by atoms with Gasteiger partial charge in [-0.15, -0.1) is 10.2 Å². The summed E-state index contributed by atoms with van der Waals surface area (Å²) >= 11 is 1.38. The summed E-state index contributed by atoms with van der Waals surface area (Å²) in [5.74, 6) is -0.0544. The fourth-order valence-electron chi connectivity index (χ4n) is 4.42. The number of benzene rings is 1. The Morgan fingerprint density at radius 3 is 2.57 bits per heavy atom. The van der Waals surface area contributed by atoms with Crippen molar-refractivity contribution in [1.82, 2.24) is 20.1 Å². The quantitative estimate of drug-likeness (QED) is 0.419. The molecular formula is C25H26F3N5O3S. The van der Waals surface area contributed by atoms with Crippen LogP contribution in [0.5, 0.6) is 0 Å².